The lowest BCUT2D eigenvalue weighted by Gasteiger charge is -2.31. The molecule has 3 rings (SSSR count). The molecule has 10 heteroatoms. The number of hydrogen-bond donors (Lipinski definition) is 2. The highest BCUT2D eigenvalue weighted by molar-refractivity contribution is 14.0. The van der Waals surface area contributed by atoms with Crippen molar-refractivity contribution in [3.63, 3.8) is 0 Å². The summed E-state index contributed by atoms with van der Waals surface area (Å²) >= 11 is 13.9. The van der Waals surface area contributed by atoms with E-state index in [1.807, 2.05) is 17.7 Å². The third-order valence-electron chi connectivity index (χ3n) is 5.19. The maximum atomic E-state index is 6.12. The second kappa shape index (κ2) is 11.7. The molecule has 162 valence electrons. The molecule has 2 aromatic heterocycles. The van der Waals surface area contributed by atoms with Crippen LogP contribution in [0.3, 0.4) is 0 Å². The van der Waals surface area contributed by atoms with E-state index in [0.29, 0.717) is 22.6 Å². The molecule has 2 N–H and O–H groups in total. The number of aliphatic imine (C=N–C) groups is 1. The summed E-state index contributed by atoms with van der Waals surface area (Å²) < 4.78 is 1.88. The van der Waals surface area contributed by atoms with E-state index in [0.717, 1.165) is 42.8 Å². The largest absolute Gasteiger partial charge is 0.356 e. The van der Waals surface area contributed by atoms with Crippen molar-refractivity contribution in [2.75, 3.05) is 26.7 Å². The van der Waals surface area contributed by atoms with Crippen LogP contribution in [0.1, 0.15) is 29.2 Å². The molecule has 1 aliphatic heterocycles. The maximum absolute atomic E-state index is 6.12. The van der Waals surface area contributed by atoms with E-state index in [4.69, 9.17) is 23.2 Å². The summed E-state index contributed by atoms with van der Waals surface area (Å²) in [5, 5.41) is 11.2. The molecule has 2 aromatic rings. The summed E-state index contributed by atoms with van der Waals surface area (Å²) in [6.45, 7) is 6.82. The number of hydrogen-bond acceptors (Lipinski definition) is 4. The van der Waals surface area contributed by atoms with Gasteiger partial charge in [-0.1, -0.05) is 23.2 Å². The number of nitrogens with zero attached hydrogens (tertiary/aromatic N) is 4. The van der Waals surface area contributed by atoms with Crippen LogP contribution in [0.15, 0.2) is 16.4 Å². The van der Waals surface area contributed by atoms with Gasteiger partial charge in [0.25, 0.3) is 0 Å². The minimum atomic E-state index is 0. The topological polar surface area (TPSA) is 57.5 Å². The number of likely N-dealkylation sites (tertiary alicyclic amines) is 1. The van der Waals surface area contributed by atoms with Gasteiger partial charge in [-0.15, -0.1) is 35.3 Å². The van der Waals surface area contributed by atoms with Crippen LogP contribution in [0.25, 0.3) is 0 Å². The first-order chi connectivity index (χ1) is 13.5. The lowest BCUT2D eigenvalue weighted by atomic mass is 9.97. The van der Waals surface area contributed by atoms with E-state index in [1.54, 1.807) is 18.4 Å². The fraction of sp³-hybridized carbons (Fsp3) is 0.579. The van der Waals surface area contributed by atoms with Crippen LogP contribution in [0.2, 0.25) is 10.2 Å². The normalized spacial score (nSPS) is 16.0. The first-order valence-electron chi connectivity index (χ1n) is 9.53. The molecule has 0 bridgehead atoms. The van der Waals surface area contributed by atoms with Crippen LogP contribution < -0.4 is 10.6 Å². The molecular formula is C19H29Cl2IN6S. The van der Waals surface area contributed by atoms with Crippen molar-refractivity contribution in [1.82, 2.24) is 25.1 Å². The highest BCUT2D eigenvalue weighted by atomic mass is 127. The lowest BCUT2D eigenvalue weighted by Crippen LogP contribution is -2.42. The Hall–Kier alpha value is -0.550. The van der Waals surface area contributed by atoms with Crippen LogP contribution in [-0.4, -0.2) is 47.1 Å². The van der Waals surface area contributed by atoms with Crippen LogP contribution in [0.5, 0.6) is 0 Å². The number of piperidine rings is 1. The molecule has 0 atom stereocenters. The fourth-order valence-electron chi connectivity index (χ4n) is 3.45. The number of rotatable bonds is 6. The van der Waals surface area contributed by atoms with Crippen molar-refractivity contribution in [2.24, 2.45) is 18.0 Å². The smallest absolute Gasteiger partial charge is 0.191 e. The third kappa shape index (κ3) is 6.99. The summed E-state index contributed by atoms with van der Waals surface area (Å²) in [5.74, 6) is 1.46. The highest BCUT2D eigenvalue weighted by Gasteiger charge is 2.20. The molecule has 29 heavy (non-hydrogen) atoms. The number of nitrogens with one attached hydrogen (secondary N) is 2. The van der Waals surface area contributed by atoms with Crippen molar-refractivity contribution in [3.8, 4) is 0 Å². The zero-order chi connectivity index (χ0) is 20.1. The summed E-state index contributed by atoms with van der Waals surface area (Å²) in [5.41, 5.74) is 2.22. The molecule has 0 unspecified atom stereocenters. The van der Waals surface area contributed by atoms with Gasteiger partial charge in [-0.2, -0.15) is 0 Å². The van der Waals surface area contributed by atoms with Gasteiger partial charge < -0.3 is 15.2 Å². The first-order valence-corrected chi connectivity index (χ1v) is 11.2. The predicted octanol–water partition coefficient (Wildman–Crippen LogP) is 4.29. The average molecular weight is 571 g/mol. The Balaban J connectivity index is 0.00000300. The van der Waals surface area contributed by atoms with Crippen LogP contribution >= 0.6 is 58.5 Å². The van der Waals surface area contributed by atoms with E-state index < -0.39 is 0 Å². The van der Waals surface area contributed by atoms with Gasteiger partial charge in [-0.3, -0.25) is 9.89 Å². The van der Waals surface area contributed by atoms with E-state index in [1.165, 1.54) is 18.5 Å². The molecule has 0 aromatic carbocycles. The molecule has 1 aliphatic rings. The van der Waals surface area contributed by atoms with Crippen molar-refractivity contribution >= 4 is 64.5 Å². The van der Waals surface area contributed by atoms with Crippen LogP contribution in [0.4, 0.5) is 0 Å². The van der Waals surface area contributed by atoms with Gasteiger partial charge in [0, 0.05) is 38.3 Å². The zero-order valence-corrected chi connectivity index (χ0v) is 21.7. The van der Waals surface area contributed by atoms with E-state index in [-0.39, 0.29) is 24.0 Å². The van der Waals surface area contributed by atoms with E-state index in [2.05, 4.69) is 37.8 Å². The van der Waals surface area contributed by atoms with Crippen molar-refractivity contribution in [2.45, 2.75) is 32.9 Å². The summed E-state index contributed by atoms with van der Waals surface area (Å²) in [6, 6.07) is 1.88. The second-order valence-corrected chi connectivity index (χ2v) is 9.04. The summed E-state index contributed by atoms with van der Waals surface area (Å²) in [4.78, 5) is 11.4. The number of thiazole rings is 1. The van der Waals surface area contributed by atoms with E-state index in [9.17, 15) is 0 Å². The van der Waals surface area contributed by atoms with Gasteiger partial charge in [-0.05, 0) is 44.8 Å². The zero-order valence-electron chi connectivity index (χ0n) is 17.0. The molecule has 0 amide bonds. The Morgan fingerprint density at radius 2 is 2.03 bits per heavy atom. The molecular weight excluding hydrogens is 542 g/mol. The number of aryl methyl sites for hydroxylation is 1. The van der Waals surface area contributed by atoms with Crippen molar-refractivity contribution < 1.29 is 0 Å². The Bertz CT molecular complexity index is 814. The van der Waals surface area contributed by atoms with E-state index >= 15 is 0 Å². The summed E-state index contributed by atoms with van der Waals surface area (Å²) in [7, 11) is 3.70. The standard InChI is InChI=1S/C19H28Cl2N6S.HI/c1-13-25-15(12-28-13)11-27-6-4-14(5-7-27)9-23-19(22-2)24-10-16-8-17(20)18(21)26(16)3;/h8,12,14H,4-7,9-11H2,1-3H3,(H2,22,23,24);1H. The third-order valence-corrected chi connectivity index (χ3v) is 6.86. The van der Waals surface area contributed by atoms with Gasteiger partial charge in [0.2, 0.25) is 0 Å². The second-order valence-electron chi connectivity index (χ2n) is 7.22. The molecule has 0 aliphatic carbocycles. The van der Waals surface area contributed by atoms with Crippen molar-refractivity contribution in [3.05, 3.63) is 38.0 Å². The number of halogens is 3. The molecule has 0 saturated carbocycles. The van der Waals surface area contributed by atoms with Gasteiger partial charge in [0.15, 0.2) is 5.96 Å². The lowest BCUT2D eigenvalue weighted by molar-refractivity contribution is 0.176. The molecule has 3 heterocycles. The van der Waals surface area contributed by atoms with Gasteiger partial charge in [0.05, 0.1) is 22.3 Å². The molecule has 1 saturated heterocycles. The maximum Gasteiger partial charge on any atom is 0.191 e. The van der Waals surface area contributed by atoms with Crippen molar-refractivity contribution in [1.29, 1.82) is 0 Å². The minimum Gasteiger partial charge on any atom is -0.356 e. The Morgan fingerprint density at radius 3 is 2.59 bits per heavy atom. The first kappa shape index (κ1) is 24.7. The Labute approximate surface area is 204 Å². The van der Waals surface area contributed by atoms with Gasteiger partial charge in [-0.25, -0.2) is 4.98 Å². The monoisotopic (exact) mass is 570 g/mol. The van der Waals surface area contributed by atoms with Crippen LogP contribution in [0, 0.1) is 12.8 Å². The average Bonchev–Trinajstić information content (AvgIpc) is 3.21. The molecule has 0 radical (unpaired) electrons. The highest BCUT2D eigenvalue weighted by Crippen LogP contribution is 2.25. The Kier molecular flexibility index (Phi) is 10.0. The molecule has 6 nitrogen and oxygen atoms in total. The minimum absolute atomic E-state index is 0. The summed E-state index contributed by atoms with van der Waals surface area (Å²) in [6.07, 6.45) is 2.38. The Morgan fingerprint density at radius 1 is 1.31 bits per heavy atom. The van der Waals surface area contributed by atoms with Gasteiger partial charge in [0.1, 0.15) is 5.15 Å². The van der Waals surface area contributed by atoms with Gasteiger partial charge >= 0.3 is 0 Å². The van der Waals surface area contributed by atoms with Crippen LogP contribution in [-0.2, 0) is 20.1 Å². The quantitative estimate of drug-likeness (QED) is 0.309. The molecule has 1 fully saturated rings. The number of guanidine groups is 1. The molecule has 0 spiro atoms. The fourth-order valence-corrected chi connectivity index (χ4v) is 4.47. The number of aromatic nitrogens is 2. The predicted molar refractivity (Wildman–Crippen MR) is 134 cm³/mol. The SMILES string of the molecule is CN=C(NCc1cc(Cl)c(Cl)n1C)NCC1CCN(Cc2csc(C)n2)CC1.I.